The first-order valence-electron chi connectivity index (χ1n) is 11.4. The standard InChI is InChI=1S/C24H36N4O4S/c1-14(2)21(27(5)16(4)29)24(32)28-12-19(30)10-20(28)23(31)25-11-17-6-8-18(9-7-17)22-15(3)26-13-33-22/h6-9,13-14,16,19-21,23,25,29-31H,10-12H2,1-5H3/t16?,19-,20+,21+,23?/m1/s1. The molecule has 1 fully saturated rings. The summed E-state index contributed by atoms with van der Waals surface area (Å²) in [6, 6.07) is 7.00. The van der Waals surface area contributed by atoms with E-state index in [2.05, 4.69) is 10.3 Å². The fourth-order valence-electron chi connectivity index (χ4n) is 4.44. The Balaban J connectivity index is 1.66. The van der Waals surface area contributed by atoms with Gasteiger partial charge in [-0.2, -0.15) is 0 Å². The molecule has 0 bridgehead atoms. The molecule has 2 aromatic rings. The van der Waals surface area contributed by atoms with Crippen molar-refractivity contribution in [3.63, 3.8) is 0 Å². The monoisotopic (exact) mass is 476 g/mol. The van der Waals surface area contributed by atoms with Gasteiger partial charge in [-0.25, -0.2) is 4.98 Å². The lowest BCUT2D eigenvalue weighted by atomic mass is 10.0. The van der Waals surface area contributed by atoms with Crippen molar-refractivity contribution in [2.75, 3.05) is 13.6 Å². The number of likely N-dealkylation sites (tertiary alicyclic amines) is 1. The number of rotatable bonds is 9. The zero-order chi connectivity index (χ0) is 24.3. The molecule has 0 aliphatic carbocycles. The quantitative estimate of drug-likeness (QED) is 0.409. The van der Waals surface area contributed by atoms with Crippen LogP contribution in [0, 0.1) is 12.8 Å². The van der Waals surface area contributed by atoms with E-state index in [0.29, 0.717) is 13.0 Å². The number of nitrogens with one attached hydrogen (secondary N) is 1. The molecule has 1 saturated heterocycles. The number of hydrogen-bond donors (Lipinski definition) is 4. The van der Waals surface area contributed by atoms with Crippen molar-refractivity contribution >= 4 is 17.2 Å². The van der Waals surface area contributed by atoms with Gasteiger partial charge in [-0.05, 0) is 44.4 Å². The van der Waals surface area contributed by atoms with E-state index in [-0.39, 0.29) is 18.4 Å². The molecule has 0 spiro atoms. The number of benzene rings is 1. The van der Waals surface area contributed by atoms with E-state index in [0.717, 1.165) is 21.7 Å². The SMILES string of the molecule is Cc1ncsc1-c1ccc(CNC(O)[C@@H]2C[C@@H](O)CN2C(=O)[C@H](C(C)C)N(C)C(C)O)cc1. The molecule has 1 aromatic heterocycles. The number of β-amino-alcohol motifs (C(OH)–C–C–N with tert-alkyl or cyclic N) is 1. The molecule has 1 aliphatic rings. The third-order valence-corrected chi connectivity index (χ3v) is 7.34. The molecule has 1 aromatic carbocycles. The first-order chi connectivity index (χ1) is 15.6. The number of amides is 1. The summed E-state index contributed by atoms with van der Waals surface area (Å²) in [7, 11) is 1.71. The van der Waals surface area contributed by atoms with Crippen molar-refractivity contribution < 1.29 is 20.1 Å². The lowest BCUT2D eigenvalue weighted by molar-refractivity contribution is -0.146. The zero-order valence-corrected chi connectivity index (χ0v) is 20.8. The van der Waals surface area contributed by atoms with Gasteiger partial charge in [0, 0.05) is 13.1 Å². The number of aromatic nitrogens is 1. The first-order valence-corrected chi connectivity index (χ1v) is 12.3. The van der Waals surface area contributed by atoms with Crippen LogP contribution in [0.25, 0.3) is 10.4 Å². The molecule has 1 amide bonds. The molecular formula is C24H36N4O4S. The molecule has 2 heterocycles. The van der Waals surface area contributed by atoms with Crippen LogP contribution in [-0.2, 0) is 11.3 Å². The van der Waals surface area contributed by atoms with Gasteiger partial charge in [-0.15, -0.1) is 11.3 Å². The largest absolute Gasteiger partial charge is 0.391 e. The van der Waals surface area contributed by atoms with Crippen molar-refractivity contribution in [1.29, 1.82) is 0 Å². The summed E-state index contributed by atoms with van der Waals surface area (Å²) >= 11 is 1.61. The number of aryl methyl sites for hydroxylation is 1. The minimum absolute atomic E-state index is 0.0405. The van der Waals surface area contributed by atoms with E-state index in [1.807, 2.05) is 50.5 Å². The number of hydrogen-bond acceptors (Lipinski definition) is 8. The van der Waals surface area contributed by atoms with Gasteiger partial charge in [0.15, 0.2) is 0 Å². The number of nitrogens with zero attached hydrogens (tertiary/aromatic N) is 3. The van der Waals surface area contributed by atoms with Gasteiger partial charge in [0.1, 0.15) is 12.5 Å². The second-order valence-electron chi connectivity index (χ2n) is 9.22. The molecule has 182 valence electrons. The van der Waals surface area contributed by atoms with Crippen LogP contribution in [0.1, 0.15) is 38.4 Å². The highest BCUT2D eigenvalue weighted by Gasteiger charge is 2.42. The summed E-state index contributed by atoms with van der Waals surface area (Å²) < 4.78 is 0. The lowest BCUT2D eigenvalue weighted by Gasteiger charge is -2.37. The molecule has 2 unspecified atom stereocenters. The van der Waals surface area contributed by atoms with E-state index in [4.69, 9.17) is 0 Å². The molecular weight excluding hydrogens is 440 g/mol. The van der Waals surface area contributed by atoms with Crippen LogP contribution in [-0.4, -0.2) is 80.2 Å². The zero-order valence-electron chi connectivity index (χ0n) is 20.0. The van der Waals surface area contributed by atoms with E-state index in [1.54, 1.807) is 35.1 Å². The molecule has 1 aliphatic heterocycles. The number of carbonyl (C=O) groups is 1. The maximum Gasteiger partial charge on any atom is 0.240 e. The van der Waals surface area contributed by atoms with E-state index >= 15 is 0 Å². The van der Waals surface area contributed by atoms with E-state index in [1.165, 1.54) is 0 Å². The molecule has 5 atom stereocenters. The third kappa shape index (κ3) is 5.98. The Morgan fingerprint density at radius 3 is 2.48 bits per heavy atom. The van der Waals surface area contributed by atoms with Gasteiger partial charge >= 0.3 is 0 Å². The second kappa shape index (κ2) is 11.0. The van der Waals surface area contributed by atoms with Crippen LogP contribution in [0.3, 0.4) is 0 Å². The summed E-state index contributed by atoms with van der Waals surface area (Å²) in [6.45, 7) is 8.06. The van der Waals surface area contributed by atoms with Crippen LogP contribution < -0.4 is 5.32 Å². The molecule has 33 heavy (non-hydrogen) atoms. The van der Waals surface area contributed by atoms with Crippen molar-refractivity contribution in [2.45, 2.75) is 71.3 Å². The van der Waals surface area contributed by atoms with Gasteiger partial charge in [0.25, 0.3) is 0 Å². The highest BCUT2D eigenvalue weighted by Crippen LogP contribution is 2.28. The summed E-state index contributed by atoms with van der Waals surface area (Å²) in [5.74, 6) is -0.235. The predicted molar refractivity (Wildman–Crippen MR) is 129 cm³/mol. The fourth-order valence-corrected chi connectivity index (χ4v) is 5.25. The van der Waals surface area contributed by atoms with E-state index < -0.39 is 30.6 Å². The maximum absolute atomic E-state index is 13.4. The van der Waals surface area contributed by atoms with Crippen LogP contribution in [0.4, 0.5) is 0 Å². The van der Waals surface area contributed by atoms with Gasteiger partial charge < -0.3 is 20.2 Å². The number of likely N-dealkylation sites (N-methyl/N-ethyl adjacent to an activating group) is 1. The normalized spacial score (nSPS) is 21.6. The predicted octanol–water partition coefficient (Wildman–Crippen LogP) is 1.78. The Labute approximate surface area is 199 Å². The van der Waals surface area contributed by atoms with Crippen molar-refractivity contribution in [2.24, 2.45) is 5.92 Å². The van der Waals surface area contributed by atoms with Gasteiger partial charge in [0.05, 0.1) is 34.3 Å². The minimum atomic E-state index is -0.987. The highest BCUT2D eigenvalue weighted by molar-refractivity contribution is 7.13. The minimum Gasteiger partial charge on any atom is -0.391 e. The lowest BCUT2D eigenvalue weighted by Crippen LogP contribution is -2.57. The summed E-state index contributed by atoms with van der Waals surface area (Å²) in [6.07, 6.45) is -2.17. The van der Waals surface area contributed by atoms with Crippen molar-refractivity contribution in [1.82, 2.24) is 20.1 Å². The molecule has 4 N–H and O–H groups in total. The Hall–Kier alpha value is -1.88. The third-order valence-electron chi connectivity index (χ3n) is 6.36. The van der Waals surface area contributed by atoms with Crippen molar-refractivity contribution in [3.8, 4) is 10.4 Å². The Kier molecular flexibility index (Phi) is 8.60. The topological polar surface area (TPSA) is 109 Å². The molecule has 0 radical (unpaired) electrons. The smallest absolute Gasteiger partial charge is 0.240 e. The second-order valence-corrected chi connectivity index (χ2v) is 10.1. The Morgan fingerprint density at radius 1 is 1.27 bits per heavy atom. The maximum atomic E-state index is 13.4. The average Bonchev–Trinajstić information content (AvgIpc) is 3.37. The van der Waals surface area contributed by atoms with Crippen LogP contribution in [0.15, 0.2) is 29.8 Å². The highest BCUT2D eigenvalue weighted by atomic mass is 32.1. The average molecular weight is 477 g/mol. The van der Waals surface area contributed by atoms with Crippen LogP contribution >= 0.6 is 11.3 Å². The van der Waals surface area contributed by atoms with Crippen molar-refractivity contribution in [3.05, 3.63) is 41.0 Å². The number of aliphatic hydroxyl groups excluding tert-OH is 3. The van der Waals surface area contributed by atoms with Crippen LogP contribution in [0.2, 0.25) is 0 Å². The molecule has 8 nitrogen and oxygen atoms in total. The number of aliphatic hydroxyl groups is 3. The Morgan fingerprint density at radius 2 is 1.94 bits per heavy atom. The number of thiazole rings is 1. The molecule has 3 rings (SSSR count). The van der Waals surface area contributed by atoms with Crippen LogP contribution in [0.5, 0.6) is 0 Å². The van der Waals surface area contributed by atoms with Gasteiger partial charge in [-0.3, -0.25) is 15.0 Å². The summed E-state index contributed by atoms with van der Waals surface area (Å²) in [4.78, 5) is 22.0. The van der Waals surface area contributed by atoms with Gasteiger partial charge in [0.2, 0.25) is 5.91 Å². The molecule has 9 heteroatoms. The molecule has 0 saturated carbocycles. The fraction of sp³-hybridized carbons (Fsp3) is 0.583. The van der Waals surface area contributed by atoms with E-state index in [9.17, 15) is 20.1 Å². The summed E-state index contributed by atoms with van der Waals surface area (Å²) in [5.41, 5.74) is 4.96. The number of carbonyl (C=O) groups excluding carboxylic acids is 1. The van der Waals surface area contributed by atoms with Gasteiger partial charge in [-0.1, -0.05) is 38.1 Å². The summed E-state index contributed by atoms with van der Waals surface area (Å²) in [5, 5.41) is 34.3. The Bertz CT molecular complexity index is 917. The first kappa shape index (κ1) is 25.7.